The van der Waals surface area contributed by atoms with Gasteiger partial charge >= 0.3 is 0 Å². The summed E-state index contributed by atoms with van der Waals surface area (Å²) in [5.41, 5.74) is 7.68. The lowest BCUT2D eigenvalue weighted by atomic mass is 9.91. The van der Waals surface area contributed by atoms with Crippen LogP contribution in [0.5, 0.6) is 5.88 Å². The van der Waals surface area contributed by atoms with Crippen molar-refractivity contribution >= 4 is 51.3 Å². The van der Waals surface area contributed by atoms with Gasteiger partial charge in [-0.05, 0) is 68.6 Å². The molecule has 188 valence electrons. The monoisotopic (exact) mass is 517 g/mol. The van der Waals surface area contributed by atoms with Gasteiger partial charge in [-0.25, -0.2) is 4.68 Å². The van der Waals surface area contributed by atoms with Gasteiger partial charge in [-0.15, -0.1) is 16.4 Å². The summed E-state index contributed by atoms with van der Waals surface area (Å²) in [5, 5.41) is 14.8. The zero-order valence-electron chi connectivity index (χ0n) is 19.9. The number of thiocarbonyl (C=S) groups is 1. The van der Waals surface area contributed by atoms with Crippen molar-refractivity contribution in [2.45, 2.75) is 51.0 Å². The maximum atomic E-state index is 13.2. The van der Waals surface area contributed by atoms with E-state index < -0.39 is 0 Å². The number of nitrogens with zero attached hydrogens (tertiary/aromatic N) is 2. The Morgan fingerprint density at radius 3 is 2.74 bits per heavy atom. The van der Waals surface area contributed by atoms with E-state index in [9.17, 15) is 9.59 Å². The van der Waals surface area contributed by atoms with E-state index in [-0.39, 0.29) is 23.8 Å². The molecular formula is C23H31N7O3S2. The molecule has 2 heterocycles. The first kappa shape index (κ1) is 23.9. The minimum Gasteiger partial charge on any atom is -0.480 e. The first-order chi connectivity index (χ1) is 16.9. The highest BCUT2D eigenvalue weighted by molar-refractivity contribution is 7.80. The van der Waals surface area contributed by atoms with Crippen LogP contribution in [-0.2, 0) is 24.7 Å². The second kappa shape index (κ2) is 10.0. The maximum Gasteiger partial charge on any atom is 0.254 e. The highest BCUT2D eigenvalue weighted by Crippen LogP contribution is 2.40. The number of anilines is 2. The molecule has 2 saturated carbocycles. The van der Waals surface area contributed by atoms with E-state index in [4.69, 9.17) is 17.0 Å². The van der Waals surface area contributed by atoms with Crippen LogP contribution in [0, 0.1) is 11.8 Å². The van der Waals surface area contributed by atoms with Crippen molar-refractivity contribution < 1.29 is 14.3 Å². The van der Waals surface area contributed by atoms with E-state index in [0.29, 0.717) is 46.3 Å². The molecule has 2 amide bonds. The van der Waals surface area contributed by atoms with Gasteiger partial charge in [-0.3, -0.25) is 20.4 Å². The van der Waals surface area contributed by atoms with Crippen molar-refractivity contribution in [3.05, 3.63) is 22.1 Å². The summed E-state index contributed by atoms with van der Waals surface area (Å²) in [5.74, 6) is 1.82. The fourth-order valence-electron chi connectivity index (χ4n) is 4.24. The molecule has 0 spiro atoms. The predicted molar refractivity (Wildman–Crippen MR) is 139 cm³/mol. The molecule has 0 saturated heterocycles. The third-order valence-electron chi connectivity index (χ3n) is 6.63. The van der Waals surface area contributed by atoms with Crippen molar-refractivity contribution in [1.82, 2.24) is 25.8 Å². The molecule has 0 bridgehead atoms. The van der Waals surface area contributed by atoms with Crippen LogP contribution in [0.15, 0.2) is 6.07 Å². The summed E-state index contributed by atoms with van der Waals surface area (Å²) in [6, 6.07) is 1.83. The molecule has 5 rings (SSSR count). The lowest BCUT2D eigenvalue weighted by Crippen LogP contribution is -2.46. The predicted octanol–water partition coefficient (Wildman–Crippen LogP) is 2.33. The Labute approximate surface area is 213 Å². The van der Waals surface area contributed by atoms with Gasteiger partial charge in [0.05, 0.1) is 12.7 Å². The molecular weight excluding hydrogens is 486 g/mol. The van der Waals surface area contributed by atoms with Crippen LogP contribution in [0.25, 0.3) is 0 Å². The first-order valence-corrected chi connectivity index (χ1v) is 13.3. The number of ether oxygens (including phenoxy) is 1. The normalized spacial score (nSPS) is 18.9. The van der Waals surface area contributed by atoms with E-state index >= 15 is 0 Å². The zero-order valence-corrected chi connectivity index (χ0v) is 21.5. The Kier molecular flexibility index (Phi) is 6.83. The smallest absolute Gasteiger partial charge is 0.254 e. The molecule has 3 aliphatic rings. The molecule has 35 heavy (non-hydrogen) atoms. The molecule has 0 aliphatic heterocycles. The van der Waals surface area contributed by atoms with E-state index in [1.807, 2.05) is 0 Å². The molecule has 12 heteroatoms. The molecule has 0 aromatic carbocycles. The molecule has 10 nitrogen and oxygen atoms in total. The van der Waals surface area contributed by atoms with E-state index in [1.54, 1.807) is 36.2 Å². The summed E-state index contributed by atoms with van der Waals surface area (Å²) in [6.07, 6.45) is 6.57. The van der Waals surface area contributed by atoms with Gasteiger partial charge in [-0.2, -0.15) is 0 Å². The summed E-state index contributed by atoms with van der Waals surface area (Å²) in [7, 11) is 3.37. The Morgan fingerprint density at radius 1 is 1.26 bits per heavy atom. The number of thiophene rings is 1. The Balaban J connectivity index is 1.25. The third kappa shape index (κ3) is 5.69. The first-order valence-electron chi connectivity index (χ1n) is 12.1. The van der Waals surface area contributed by atoms with Crippen LogP contribution in [0.1, 0.15) is 52.9 Å². The van der Waals surface area contributed by atoms with E-state index in [1.165, 1.54) is 17.7 Å². The number of methoxy groups -OCH3 is 1. The third-order valence-corrected chi connectivity index (χ3v) is 8.05. The van der Waals surface area contributed by atoms with Gasteiger partial charge in [0.1, 0.15) is 10.8 Å². The highest BCUT2D eigenvalue weighted by atomic mass is 32.1. The van der Waals surface area contributed by atoms with Crippen molar-refractivity contribution in [3.63, 3.8) is 0 Å². The van der Waals surface area contributed by atoms with Crippen molar-refractivity contribution in [1.29, 1.82) is 0 Å². The van der Waals surface area contributed by atoms with Gasteiger partial charge < -0.3 is 20.7 Å². The fraction of sp³-hybridized carbons (Fsp3) is 0.565. The molecule has 5 N–H and O–H groups in total. The molecule has 0 unspecified atom stereocenters. The average Bonchev–Trinajstić information content (AvgIpc) is 3.76. The van der Waals surface area contributed by atoms with Gasteiger partial charge in [0, 0.05) is 36.5 Å². The van der Waals surface area contributed by atoms with Crippen molar-refractivity contribution in [2.75, 3.05) is 24.4 Å². The van der Waals surface area contributed by atoms with Gasteiger partial charge in [0.25, 0.3) is 5.91 Å². The van der Waals surface area contributed by atoms with Crippen molar-refractivity contribution in [2.24, 2.45) is 18.9 Å². The minimum atomic E-state index is -0.0892. The number of aromatic nitrogens is 2. The van der Waals surface area contributed by atoms with Gasteiger partial charge in [0.2, 0.25) is 11.8 Å². The SMILES string of the molecule is COc1cc(NNC(=S)N[C@H]2CCc3sc(NC(=O)C4CC4)c(C(=O)NCC4CC4)c3C2)n(C)n1. The lowest BCUT2D eigenvalue weighted by molar-refractivity contribution is -0.117. The molecule has 2 fully saturated rings. The number of nitrogens with one attached hydrogen (secondary N) is 5. The van der Waals surface area contributed by atoms with Crippen LogP contribution in [0.3, 0.4) is 0 Å². The second-order valence-electron chi connectivity index (χ2n) is 9.48. The number of hydrazine groups is 1. The molecule has 2 aromatic heterocycles. The van der Waals surface area contributed by atoms with Crippen LogP contribution in [-0.4, -0.2) is 46.4 Å². The Morgan fingerprint density at radius 2 is 2.06 bits per heavy atom. The lowest BCUT2D eigenvalue weighted by Gasteiger charge is -2.25. The number of carbonyl (C=O) groups excluding carboxylic acids is 2. The van der Waals surface area contributed by atoms with Gasteiger partial charge in [0.15, 0.2) is 5.11 Å². The summed E-state index contributed by atoms with van der Waals surface area (Å²) >= 11 is 7.04. The van der Waals surface area contributed by atoms with Crippen molar-refractivity contribution in [3.8, 4) is 5.88 Å². The minimum absolute atomic E-state index is 0.0257. The van der Waals surface area contributed by atoms with Crippen LogP contribution >= 0.6 is 23.6 Å². The summed E-state index contributed by atoms with van der Waals surface area (Å²) in [4.78, 5) is 26.9. The molecule has 2 aromatic rings. The second-order valence-corrected chi connectivity index (χ2v) is 11.0. The number of amides is 2. The number of carbonyl (C=O) groups is 2. The average molecular weight is 518 g/mol. The van der Waals surface area contributed by atoms with E-state index in [2.05, 4.69) is 31.9 Å². The maximum absolute atomic E-state index is 13.2. The quantitative estimate of drug-likeness (QED) is 0.254. The standard InChI is InChI=1S/C23H31N7O3S2/c1-30-17(10-18(29-30)33-2)27-28-23(34)25-14-7-8-16-15(9-14)19(21(32)24-11-12-3-4-12)22(35-16)26-20(31)13-5-6-13/h10,12-14,27H,3-9,11H2,1-2H3,(H,24,32)(H,26,31)(H2,25,28,34)/t14-/m0/s1. The number of fused-ring (bicyclic) bond motifs is 1. The zero-order chi connectivity index (χ0) is 24.5. The number of rotatable bonds is 9. The molecule has 0 radical (unpaired) electrons. The van der Waals surface area contributed by atoms with E-state index in [0.717, 1.165) is 31.2 Å². The summed E-state index contributed by atoms with van der Waals surface area (Å²) in [6.45, 7) is 0.694. The number of hydrogen-bond donors (Lipinski definition) is 5. The molecule has 1 atom stereocenters. The Hall–Kier alpha value is -2.86. The number of hydrogen-bond acceptors (Lipinski definition) is 7. The Bertz CT molecular complexity index is 1140. The highest BCUT2D eigenvalue weighted by Gasteiger charge is 2.34. The summed E-state index contributed by atoms with van der Waals surface area (Å²) < 4.78 is 6.79. The number of aryl methyl sites for hydroxylation is 2. The van der Waals surface area contributed by atoms with Crippen LogP contribution in [0.2, 0.25) is 0 Å². The fourth-order valence-corrected chi connectivity index (χ4v) is 5.70. The largest absolute Gasteiger partial charge is 0.480 e. The van der Waals surface area contributed by atoms with Crippen LogP contribution in [0.4, 0.5) is 10.8 Å². The topological polar surface area (TPSA) is 121 Å². The molecule has 3 aliphatic carbocycles. The van der Waals surface area contributed by atoms with Crippen LogP contribution < -0.4 is 31.5 Å². The van der Waals surface area contributed by atoms with Gasteiger partial charge in [-0.1, -0.05) is 0 Å².